The van der Waals surface area contributed by atoms with Gasteiger partial charge >= 0.3 is 0 Å². The lowest BCUT2D eigenvalue weighted by Gasteiger charge is -2.02. The van der Waals surface area contributed by atoms with Gasteiger partial charge in [0.05, 0.1) is 22.3 Å². The van der Waals surface area contributed by atoms with E-state index in [1.165, 1.54) is 11.3 Å². The number of rotatable bonds is 3. The first-order valence-corrected chi connectivity index (χ1v) is 6.57. The average molecular weight is 273 g/mol. The number of fused-ring (bicyclic) bond motifs is 1. The van der Waals surface area contributed by atoms with Gasteiger partial charge in [-0.05, 0) is 30.3 Å². The minimum Gasteiger partial charge on any atom is -0.455 e. The highest BCUT2D eigenvalue weighted by molar-refractivity contribution is 7.16. The van der Waals surface area contributed by atoms with Crippen molar-refractivity contribution in [1.82, 2.24) is 4.98 Å². The Kier molecular flexibility index (Phi) is 3.02. The first-order valence-electron chi connectivity index (χ1n) is 5.69. The highest BCUT2D eigenvalue weighted by Crippen LogP contribution is 2.22. The van der Waals surface area contributed by atoms with E-state index in [4.69, 9.17) is 10.2 Å². The van der Waals surface area contributed by atoms with E-state index in [1.807, 2.05) is 18.2 Å². The lowest BCUT2D eigenvalue weighted by atomic mass is 10.3. The second kappa shape index (κ2) is 4.83. The molecular weight excluding hydrogens is 262 g/mol. The van der Waals surface area contributed by atoms with Gasteiger partial charge in [0, 0.05) is 5.69 Å². The fraction of sp³-hybridized carbons (Fsp3) is 0.0769. The Hall–Kier alpha value is -2.18. The summed E-state index contributed by atoms with van der Waals surface area (Å²) in [6, 6.07) is 8.88. The Morgan fingerprint density at radius 3 is 3.05 bits per heavy atom. The number of benzene rings is 1. The molecule has 19 heavy (non-hydrogen) atoms. The van der Waals surface area contributed by atoms with Crippen LogP contribution in [0.25, 0.3) is 10.2 Å². The Balaban J connectivity index is 1.81. The number of nitrogens with zero attached hydrogens (tertiary/aromatic N) is 1. The molecule has 5 nitrogen and oxygen atoms in total. The van der Waals surface area contributed by atoms with E-state index in [1.54, 1.807) is 17.6 Å². The first kappa shape index (κ1) is 11.9. The summed E-state index contributed by atoms with van der Waals surface area (Å²) in [5.74, 6) is 0.552. The van der Waals surface area contributed by atoms with Gasteiger partial charge < -0.3 is 15.5 Å². The molecule has 0 aliphatic carbocycles. The average Bonchev–Trinajstić information content (AvgIpc) is 3.06. The van der Waals surface area contributed by atoms with Gasteiger partial charge in [-0.25, -0.2) is 4.98 Å². The van der Waals surface area contributed by atoms with E-state index >= 15 is 0 Å². The van der Waals surface area contributed by atoms with E-state index in [9.17, 15) is 4.79 Å². The first-order chi connectivity index (χ1) is 9.26. The predicted molar refractivity (Wildman–Crippen MR) is 74.2 cm³/mol. The van der Waals surface area contributed by atoms with Crippen molar-refractivity contribution in [2.24, 2.45) is 5.73 Å². The maximum Gasteiger partial charge on any atom is 0.291 e. The van der Waals surface area contributed by atoms with Gasteiger partial charge in [-0.3, -0.25) is 4.79 Å². The Labute approximate surface area is 113 Å². The summed E-state index contributed by atoms with van der Waals surface area (Å²) in [6.45, 7) is 0.278. The number of furan rings is 1. The molecule has 96 valence electrons. The maximum atomic E-state index is 12.0. The molecule has 3 N–H and O–H groups in total. The number of nitrogens with two attached hydrogens (primary N) is 1. The van der Waals surface area contributed by atoms with Crippen LogP contribution in [0, 0.1) is 0 Å². The number of amides is 1. The second-order valence-corrected chi connectivity index (χ2v) is 4.85. The number of nitrogens with one attached hydrogen (secondary N) is 1. The van der Waals surface area contributed by atoms with Gasteiger partial charge in [0.1, 0.15) is 5.76 Å². The van der Waals surface area contributed by atoms with Crippen LogP contribution in [0.3, 0.4) is 0 Å². The van der Waals surface area contributed by atoms with Crippen molar-refractivity contribution in [1.29, 1.82) is 0 Å². The van der Waals surface area contributed by atoms with Crippen LogP contribution in [0.4, 0.5) is 5.69 Å². The van der Waals surface area contributed by atoms with Gasteiger partial charge in [0.25, 0.3) is 5.91 Å². The minimum atomic E-state index is -0.288. The quantitative estimate of drug-likeness (QED) is 0.768. The molecule has 3 aromatic rings. The van der Waals surface area contributed by atoms with Crippen molar-refractivity contribution >= 4 is 33.1 Å². The molecule has 0 aliphatic rings. The number of thiazole rings is 1. The number of hydrogen-bond acceptors (Lipinski definition) is 5. The largest absolute Gasteiger partial charge is 0.455 e. The Morgan fingerprint density at radius 1 is 1.37 bits per heavy atom. The number of aromatic nitrogens is 1. The normalized spacial score (nSPS) is 10.8. The van der Waals surface area contributed by atoms with Crippen molar-refractivity contribution in [3.8, 4) is 0 Å². The summed E-state index contributed by atoms with van der Waals surface area (Å²) >= 11 is 1.53. The molecule has 3 rings (SSSR count). The van der Waals surface area contributed by atoms with Crippen LogP contribution in [0.5, 0.6) is 0 Å². The van der Waals surface area contributed by atoms with Crippen LogP contribution in [-0.2, 0) is 6.54 Å². The highest BCUT2D eigenvalue weighted by atomic mass is 32.1. The van der Waals surface area contributed by atoms with Crippen LogP contribution in [-0.4, -0.2) is 10.9 Å². The smallest absolute Gasteiger partial charge is 0.291 e. The maximum absolute atomic E-state index is 12.0. The number of hydrogen-bond donors (Lipinski definition) is 2. The number of anilines is 1. The third-order valence-electron chi connectivity index (χ3n) is 2.68. The summed E-state index contributed by atoms with van der Waals surface area (Å²) in [6.07, 6.45) is 0. The van der Waals surface area contributed by atoms with Crippen molar-refractivity contribution in [3.05, 3.63) is 47.4 Å². The molecule has 1 amide bonds. The van der Waals surface area contributed by atoms with Gasteiger partial charge in [-0.1, -0.05) is 0 Å². The molecule has 6 heteroatoms. The molecule has 0 radical (unpaired) electrons. The molecule has 2 heterocycles. The van der Waals surface area contributed by atoms with Gasteiger partial charge in [-0.15, -0.1) is 11.3 Å². The summed E-state index contributed by atoms with van der Waals surface area (Å²) in [5.41, 5.74) is 8.85. The summed E-state index contributed by atoms with van der Waals surface area (Å²) in [5, 5.41) is 2.78. The SMILES string of the molecule is NCc1ccc(C(=O)Nc2ccc3ncsc3c2)o1. The van der Waals surface area contributed by atoms with Crippen LogP contribution in [0.2, 0.25) is 0 Å². The molecule has 0 bridgehead atoms. The van der Waals surface area contributed by atoms with Crippen molar-refractivity contribution in [2.45, 2.75) is 6.54 Å². The van der Waals surface area contributed by atoms with Gasteiger partial charge in [0.2, 0.25) is 0 Å². The molecule has 0 aliphatic heterocycles. The molecule has 0 saturated carbocycles. The third kappa shape index (κ3) is 2.35. The van der Waals surface area contributed by atoms with E-state index in [-0.39, 0.29) is 18.2 Å². The molecule has 0 unspecified atom stereocenters. The molecule has 1 aromatic carbocycles. The molecular formula is C13H11N3O2S. The zero-order valence-corrected chi connectivity index (χ0v) is 10.7. The van der Waals surface area contributed by atoms with Crippen molar-refractivity contribution < 1.29 is 9.21 Å². The van der Waals surface area contributed by atoms with E-state index in [0.717, 1.165) is 10.2 Å². The Morgan fingerprint density at radius 2 is 2.26 bits per heavy atom. The topological polar surface area (TPSA) is 81.2 Å². The Bertz CT molecular complexity index is 732. The predicted octanol–water partition coefficient (Wildman–Crippen LogP) is 2.60. The summed E-state index contributed by atoms with van der Waals surface area (Å²) in [4.78, 5) is 16.1. The lowest BCUT2D eigenvalue weighted by Crippen LogP contribution is -2.10. The summed E-state index contributed by atoms with van der Waals surface area (Å²) in [7, 11) is 0. The number of carbonyl (C=O) groups excluding carboxylic acids is 1. The molecule has 0 saturated heterocycles. The zero-order chi connectivity index (χ0) is 13.2. The molecule has 0 fully saturated rings. The van der Waals surface area contributed by atoms with Crippen LogP contribution < -0.4 is 11.1 Å². The van der Waals surface area contributed by atoms with E-state index < -0.39 is 0 Å². The summed E-state index contributed by atoms with van der Waals surface area (Å²) < 4.78 is 6.32. The van der Waals surface area contributed by atoms with E-state index in [0.29, 0.717) is 11.4 Å². The van der Waals surface area contributed by atoms with Crippen LogP contribution in [0.1, 0.15) is 16.3 Å². The van der Waals surface area contributed by atoms with Gasteiger partial charge in [0.15, 0.2) is 5.76 Å². The van der Waals surface area contributed by atoms with Gasteiger partial charge in [-0.2, -0.15) is 0 Å². The van der Waals surface area contributed by atoms with E-state index in [2.05, 4.69) is 10.3 Å². The van der Waals surface area contributed by atoms with Crippen LogP contribution >= 0.6 is 11.3 Å². The zero-order valence-electron chi connectivity index (χ0n) is 9.92. The van der Waals surface area contributed by atoms with Crippen LogP contribution in [0.15, 0.2) is 40.3 Å². The standard InChI is InChI=1S/C13H11N3O2S/c14-6-9-2-4-11(18-9)13(17)16-8-1-3-10-12(5-8)19-7-15-10/h1-5,7H,6,14H2,(H,16,17). The molecule has 0 spiro atoms. The minimum absolute atomic E-state index is 0.254. The van der Waals surface area contributed by atoms with Crippen molar-refractivity contribution in [3.63, 3.8) is 0 Å². The molecule has 0 atom stereocenters. The fourth-order valence-corrected chi connectivity index (χ4v) is 2.45. The second-order valence-electron chi connectivity index (χ2n) is 3.96. The monoisotopic (exact) mass is 273 g/mol. The lowest BCUT2D eigenvalue weighted by molar-refractivity contribution is 0.0995. The van der Waals surface area contributed by atoms with Crippen molar-refractivity contribution in [2.75, 3.05) is 5.32 Å². The highest BCUT2D eigenvalue weighted by Gasteiger charge is 2.11. The third-order valence-corrected chi connectivity index (χ3v) is 3.47. The number of carbonyl (C=O) groups is 1. The molecule has 2 aromatic heterocycles. The fourth-order valence-electron chi connectivity index (χ4n) is 1.74.